The first-order valence-electron chi connectivity index (χ1n) is 3.94. The number of aliphatic hydroxyl groups excluding tert-OH is 3. The summed E-state index contributed by atoms with van der Waals surface area (Å²) in [7, 11) is 0. The first-order valence-corrected chi connectivity index (χ1v) is 3.94. The molecule has 0 saturated carbocycles. The Kier molecular flexibility index (Phi) is 3.42. The molecule has 0 bridgehead atoms. The summed E-state index contributed by atoms with van der Waals surface area (Å²) in [5.41, 5.74) is 0. The highest BCUT2D eigenvalue weighted by Gasteiger charge is 2.42. The van der Waals surface area contributed by atoms with Crippen molar-refractivity contribution in [1.29, 1.82) is 0 Å². The molecule has 0 unspecified atom stereocenters. The first-order chi connectivity index (χ1) is 5.70. The highest BCUT2D eigenvalue weighted by Crippen LogP contribution is 2.21. The second-order valence-electron chi connectivity index (χ2n) is 2.66. The van der Waals surface area contributed by atoms with Gasteiger partial charge in [-0.1, -0.05) is 0 Å². The molecule has 1 aliphatic heterocycles. The average molecular weight is 178 g/mol. The Morgan fingerprint density at radius 1 is 1.33 bits per heavy atom. The molecule has 5 nitrogen and oxygen atoms in total. The maximum absolute atomic E-state index is 9.28. The highest BCUT2D eigenvalue weighted by atomic mass is 16.7. The predicted octanol–water partition coefficient (Wildman–Crippen LogP) is -1.54. The Labute approximate surface area is 70.5 Å². The van der Waals surface area contributed by atoms with Crippen molar-refractivity contribution in [3.05, 3.63) is 0 Å². The van der Waals surface area contributed by atoms with Crippen molar-refractivity contribution in [3.63, 3.8) is 0 Å². The Bertz CT molecular complexity index is 140. The van der Waals surface area contributed by atoms with Crippen LogP contribution in [0.4, 0.5) is 0 Å². The van der Waals surface area contributed by atoms with E-state index in [0.29, 0.717) is 6.61 Å². The summed E-state index contributed by atoms with van der Waals surface area (Å²) in [6, 6.07) is 0. The standard InChI is InChI=1S/C7H14O5/c1-2-11-7-6(10)5(9)4(3-8)12-7/h4-10H,2-3H2,1H3/t4-,5-,6-,7-/m1/s1. The molecule has 1 saturated heterocycles. The van der Waals surface area contributed by atoms with Crippen LogP contribution in [0.5, 0.6) is 0 Å². The van der Waals surface area contributed by atoms with Crippen LogP contribution in [0.3, 0.4) is 0 Å². The van der Waals surface area contributed by atoms with Crippen molar-refractivity contribution in [3.8, 4) is 0 Å². The summed E-state index contributed by atoms with van der Waals surface area (Å²) in [6.45, 7) is 1.84. The lowest BCUT2D eigenvalue weighted by atomic mass is 10.1. The largest absolute Gasteiger partial charge is 0.394 e. The van der Waals surface area contributed by atoms with E-state index in [0.717, 1.165) is 0 Å². The van der Waals surface area contributed by atoms with E-state index in [4.69, 9.17) is 14.6 Å². The Morgan fingerprint density at radius 3 is 2.42 bits per heavy atom. The van der Waals surface area contributed by atoms with Gasteiger partial charge in [0.15, 0.2) is 6.29 Å². The second-order valence-corrected chi connectivity index (χ2v) is 2.66. The summed E-state index contributed by atoms with van der Waals surface area (Å²) in [4.78, 5) is 0. The molecule has 0 spiro atoms. The summed E-state index contributed by atoms with van der Waals surface area (Å²) in [6.07, 6.45) is -3.69. The molecule has 1 heterocycles. The minimum atomic E-state index is -1.07. The third-order valence-electron chi connectivity index (χ3n) is 1.83. The Balaban J connectivity index is 2.48. The fraction of sp³-hybridized carbons (Fsp3) is 1.00. The maximum Gasteiger partial charge on any atom is 0.186 e. The van der Waals surface area contributed by atoms with E-state index < -0.39 is 24.6 Å². The van der Waals surface area contributed by atoms with Gasteiger partial charge < -0.3 is 24.8 Å². The van der Waals surface area contributed by atoms with E-state index in [9.17, 15) is 10.2 Å². The molecule has 0 aliphatic carbocycles. The van der Waals surface area contributed by atoms with Gasteiger partial charge in [0.25, 0.3) is 0 Å². The highest BCUT2D eigenvalue weighted by molar-refractivity contribution is 4.85. The first kappa shape index (κ1) is 9.88. The third kappa shape index (κ3) is 1.75. The van der Waals surface area contributed by atoms with Gasteiger partial charge in [0.05, 0.1) is 6.61 Å². The van der Waals surface area contributed by atoms with E-state index in [-0.39, 0.29) is 6.61 Å². The second kappa shape index (κ2) is 4.15. The zero-order chi connectivity index (χ0) is 9.14. The van der Waals surface area contributed by atoms with Crippen LogP contribution in [0.25, 0.3) is 0 Å². The average Bonchev–Trinajstić information content (AvgIpc) is 2.33. The van der Waals surface area contributed by atoms with Crippen LogP contribution in [-0.2, 0) is 9.47 Å². The smallest absolute Gasteiger partial charge is 0.186 e. The number of aliphatic hydroxyl groups is 3. The molecular weight excluding hydrogens is 164 g/mol. The van der Waals surface area contributed by atoms with E-state index in [1.807, 2.05) is 0 Å². The summed E-state index contributed by atoms with van der Waals surface area (Å²) >= 11 is 0. The van der Waals surface area contributed by atoms with Crippen LogP contribution >= 0.6 is 0 Å². The van der Waals surface area contributed by atoms with E-state index in [1.165, 1.54) is 0 Å². The van der Waals surface area contributed by atoms with Gasteiger partial charge in [0, 0.05) is 6.61 Å². The van der Waals surface area contributed by atoms with Crippen LogP contribution in [0.15, 0.2) is 0 Å². The zero-order valence-electron chi connectivity index (χ0n) is 6.88. The predicted molar refractivity (Wildman–Crippen MR) is 39.4 cm³/mol. The van der Waals surface area contributed by atoms with Crippen LogP contribution in [0.2, 0.25) is 0 Å². The van der Waals surface area contributed by atoms with Crippen molar-refractivity contribution >= 4 is 0 Å². The molecule has 5 heteroatoms. The van der Waals surface area contributed by atoms with E-state index in [2.05, 4.69) is 0 Å². The van der Waals surface area contributed by atoms with Crippen molar-refractivity contribution in [1.82, 2.24) is 0 Å². The van der Waals surface area contributed by atoms with Gasteiger partial charge >= 0.3 is 0 Å². The molecule has 1 aliphatic rings. The molecule has 4 atom stereocenters. The van der Waals surface area contributed by atoms with Crippen molar-refractivity contribution in [2.24, 2.45) is 0 Å². The minimum absolute atomic E-state index is 0.318. The van der Waals surface area contributed by atoms with Crippen molar-refractivity contribution < 1.29 is 24.8 Å². The fourth-order valence-electron chi connectivity index (χ4n) is 1.17. The minimum Gasteiger partial charge on any atom is -0.394 e. The Hall–Kier alpha value is -0.200. The van der Waals surface area contributed by atoms with E-state index >= 15 is 0 Å². The molecule has 1 rings (SSSR count). The lowest BCUT2D eigenvalue weighted by Crippen LogP contribution is -2.34. The fourth-order valence-corrected chi connectivity index (χ4v) is 1.17. The molecule has 72 valence electrons. The number of hydrogen-bond acceptors (Lipinski definition) is 5. The quantitative estimate of drug-likeness (QED) is 0.488. The molecule has 12 heavy (non-hydrogen) atoms. The molecule has 1 fully saturated rings. The van der Waals surface area contributed by atoms with Gasteiger partial charge in [-0.3, -0.25) is 0 Å². The van der Waals surface area contributed by atoms with Crippen LogP contribution in [-0.4, -0.2) is 53.1 Å². The Morgan fingerprint density at radius 2 is 2.00 bits per heavy atom. The molecule has 3 N–H and O–H groups in total. The lowest BCUT2D eigenvalue weighted by molar-refractivity contribution is -0.166. The zero-order valence-corrected chi connectivity index (χ0v) is 6.88. The van der Waals surface area contributed by atoms with Gasteiger partial charge in [0.1, 0.15) is 18.3 Å². The van der Waals surface area contributed by atoms with Crippen LogP contribution in [0, 0.1) is 0 Å². The van der Waals surface area contributed by atoms with Gasteiger partial charge in [0.2, 0.25) is 0 Å². The SMILES string of the molecule is CCO[C@@H]1O[C@H](CO)[C@@H](O)[C@H]1O. The van der Waals surface area contributed by atoms with Gasteiger partial charge in [-0.05, 0) is 6.92 Å². The molecule has 0 aromatic rings. The molecule has 0 aromatic heterocycles. The van der Waals surface area contributed by atoms with Gasteiger partial charge in [-0.15, -0.1) is 0 Å². The number of hydrogen-bond donors (Lipinski definition) is 3. The third-order valence-corrected chi connectivity index (χ3v) is 1.83. The molecule has 0 radical (unpaired) electrons. The van der Waals surface area contributed by atoms with Crippen LogP contribution in [0.1, 0.15) is 6.92 Å². The van der Waals surface area contributed by atoms with Crippen molar-refractivity contribution in [2.45, 2.75) is 31.5 Å². The maximum atomic E-state index is 9.28. The van der Waals surface area contributed by atoms with Crippen molar-refractivity contribution in [2.75, 3.05) is 13.2 Å². The molecule has 0 amide bonds. The number of ether oxygens (including phenoxy) is 2. The topological polar surface area (TPSA) is 79.2 Å². The summed E-state index contributed by atoms with van der Waals surface area (Å²) in [5, 5.41) is 27.2. The van der Waals surface area contributed by atoms with Crippen LogP contribution < -0.4 is 0 Å². The molecule has 0 aromatic carbocycles. The summed E-state index contributed by atoms with van der Waals surface area (Å²) in [5.74, 6) is 0. The summed E-state index contributed by atoms with van der Waals surface area (Å²) < 4.78 is 9.98. The monoisotopic (exact) mass is 178 g/mol. The normalized spacial score (nSPS) is 42.0. The number of rotatable bonds is 3. The lowest BCUT2D eigenvalue weighted by Gasteiger charge is -2.13. The molecular formula is C7H14O5. The van der Waals surface area contributed by atoms with Gasteiger partial charge in [-0.25, -0.2) is 0 Å². The van der Waals surface area contributed by atoms with Gasteiger partial charge in [-0.2, -0.15) is 0 Å². The van der Waals surface area contributed by atoms with E-state index in [1.54, 1.807) is 6.92 Å².